The number of aldehydes is 1. The maximum atomic E-state index is 13.5. The van der Waals surface area contributed by atoms with Gasteiger partial charge >= 0.3 is 0 Å². The first-order valence-electron chi connectivity index (χ1n) is 8.47. The van der Waals surface area contributed by atoms with Gasteiger partial charge in [0.25, 0.3) is 10.0 Å². The highest BCUT2D eigenvalue weighted by atomic mass is 32.2. The van der Waals surface area contributed by atoms with Crippen LogP contribution in [-0.4, -0.2) is 30.8 Å². The van der Waals surface area contributed by atoms with E-state index in [0.29, 0.717) is 34.2 Å². The number of benzene rings is 2. The second-order valence-electron chi connectivity index (χ2n) is 6.09. The van der Waals surface area contributed by atoms with E-state index in [1.807, 2.05) is 0 Å². The maximum absolute atomic E-state index is 13.5. The Bertz CT molecular complexity index is 1280. The normalized spacial score (nSPS) is 11.5. The van der Waals surface area contributed by atoms with E-state index in [1.54, 1.807) is 73.8 Å². The smallest absolute Gasteiger partial charge is 0.268 e. The zero-order chi connectivity index (χ0) is 19.7. The summed E-state index contributed by atoms with van der Waals surface area (Å²) in [6, 6.07) is 18.4. The Morgan fingerprint density at radius 1 is 1.00 bits per heavy atom. The van der Waals surface area contributed by atoms with Crippen LogP contribution in [0.3, 0.4) is 0 Å². The van der Waals surface area contributed by atoms with Crippen LogP contribution in [-0.2, 0) is 10.0 Å². The van der Waals surface area contributed by atoms with Crippen LogP contribution in [0.4, 0.5) is 0 Å². The van der Waals surface area contributed by atoms with Crippen LogP contribution in [0.5, 0.6) is 5.75 Å². The van der Waals surface area contributed by atoms with Gasteiger partial charge in [0.1, 0.15) is 11.4 Å². The van der Waals surface area contributed by atoms with Gasteiger partial charge in [-0.05, 0) is 48.5 Å². The molecular weight excluding hydrogens is 376 g/mol. The van der Waals surface area contributed by atoms with Crippen molar-refractivity contribution in [3.05, 3.63) is 78.6 Å². The van der Waals surface area contributed by atoms with Crippen LogP contribution in [0, 0.1) is 0 Å². The molecule has 0 spiro atoms. The van der Waals surface area contributed by atoms with Gasteiger partial charge in [-0.2, -0.15) is 0 Å². The van der Waals surface area contributed by atoms with Crippen molar-refractivity contribution in [3.63, 3.8) is 0 Å². The van der Waals surface area contributed by atoms with Gasteiger partial charge in [-0.15, -0.1) is 0 Å². The van der Waals surface area contributed by atoms with Crippen molar-refractivity contribution in [2.24, 2.45) is 0 Å². The van der Waals surface area contributed by atoms with E-state index in [2.05, 4.69) is 4.98 Å². The quantitative estimate of drug-likeness (QED) is 0.483. The number of ether oxygens (including phenoxy) is 1. The third-order valence-corrected chi connectivity index (χ3v) is 6.21. The summed E-state index contributed by atoms with van der Waals surface area (Å²) in [5.74, 6) is 0.607. The molecule has 0 aliphatic carbocycles. The number of hydrogen-bond donors (Lipinski definition) is 0. The summed E-state index contributed by atoms with van der Waals surface area (Å²) in [6.45, 7) is 0. The molecule has 140 valence electrons. The predicted molar refractivity (Wildman–Crippen MR) is 106 cm³/mol. The molecule has 4 rings (SSSR count). The lowest BCUT2D eigenvalue weighted by Gasteiger charge is -2.13. The number of pyridine rings is 1. The maximum Gasteiger partial charge on any atom is 0.268 e. The monoisotopic (exact) mass is 392 g/mol. The first-order valence-corrected chi connectivity index (χ1v) is 9.91. The summed E-state index contributed by atoms with van der Waals surface area (Å²) >= 11 is 0. The number of hydrogen-bond acceptors (Lipinski definition) is 5. The van der Waals surface area contributed by atoms with Gasteiger partial charge < -0.3 is 4.74 Å². The largest absolute Gasteiger partial charge is 0.497 e. The highest BCUT2D eigenvalue weighted by molar-refractivity contribution is 7.90. The van der Waals surface area contributed by atoms with E-state index in [1.165, 1.54) is 10.2 Å². The number of rotatable bonds is 5. The van der Waals surface area contributed by atoms with Crippen molar-refractivity contribution in [2.45, 2.75) is 4.90 Å². The summed E-state index contributed by atoms with van der Waals surface area (Å²) in [5.41, 5.74) is 1.46. The van der Waals surface area contributed by atoms with Crippen molar-refractivity contribution in [3.8, 4) is 17.0 Å². The zero-order valence-electron chi connectivity index (χ0n) is 14.9. The van der Waals surface area contributed by atoms with Crippen LogP contribution in [0.15, 0.2) is 77.8 Å². The van der Waals surface area contributed by atoms with Gasteiger partial charge in [-0.1, -0.05) is 18.2 Å². The highest BCUT2D eigenvalue weighted by Crippen LogP contribution is 2.34. The summed E-state index contributed by atoms with van der Waals surface area (Å²) < 4.78 is 33.5. The van der Waals surface area contributed by atoms with Crippen molar-refractivity contribution in [1.82, 2.24) is 8.96 Å². The molecule has 4 aromatic rings. The fraction of sp³-hybridized carbons (Fsp3) is 0.0476. The minimum absolute atomic E-state index is 0.154. The van der Waals surface area contributed by atoms with E-state index in [-0.39, 0.29) is 10.6 Å². The summed E-state index contributed by atoms with van der Waals surface area (Å²) in [7, 11) is -2.37. The van der Waals surface area contributed by atoms with Gasteiger partial charge in [-0.25, -0.2) is 12.4 Å². The van der Waals surface area contributed by atoms with Crippen molar-refractivity contribution >= 4 is 27.2 Å². The number of methoxy groups -OCH3 is 1. The van der Waals surface area contributed by atoms with Gasteiger partial charge in [-0.3, -0.25) is 9.78 Å². The molecule has 2 aromatic carbocycles. The Hall–Kier alpha value is -3.45. The van der Waals surface area contributed by atoms with Gasteiger partial charge in [0.05, 0.1) is 23.2 Å². The molecule has 0 saturated carbocycles. The van der Waals surface area contributed by atoms with E-state index in [9.17, 15) is 13.2 Å². The van der Waals surface area contributed by atoms with Crippen molar-refractivity contribution in [1.29, 1.82) is 0 Å². The second kappa shape index (κ2) is 6.94. The van der Waals surface area contributed by atoms with Gasteiger partial charge in [0.15, 0.2) is 6.29 Å². The SMILES string of the molecule is COc1ccc2c(c1)cc(-c1cccnc1C=O)n2S(=O)(=O)c1ccccc1. The Morgan fingerprint density at radius 3 is 2.50 bits per heavy atom. The van der Waals surface area contributed by atoms with Crippen LogP contribution in [0.1, 0.15) is 10.5 Å². The Labute approximate surface area is 162 Å². The molecule has 0 unspecified atom stereocenters. The number of aromatic nitrogens is 2. The third-order valence-electron chi connectivity index (χ3n) is 4.47. The van der Waals surface area contributed by atoms with Crippen LogP contribution >= 0.6 is 0 Å². The first kappa shape index (κ1) is 17.9. The van der Waals surface area contributed by atoms with E-state index in [0.717, 1.165) is 0 Å². The Kier molecular flexibility index (Phi) is 4.44. The zero-order valence-corrected chi connectivity index (χ0v) is 15.8. The van der Waals surface area contributed by atoms with E-state index < -0.39 is 10.0 Å². The number of carbonyl (C=O) groups excluding carboxylic acids is 1. The summed E-state index contributed by atoms with van der Waals surface area (Å²) in [5, 5.41) is 0.676. The molecule has 6 nitrogen and oxygen atoms in total. The van der Waals surface area contributed by atoms with Gasteiger partial charge in [0, 0.05) is 17.1 Å². The number of nitrogens with zero attached hydrogens (tertiary/aromatic N) is 2. The van der Waals surface area contributed by atoms with Crippen LogP contribution in [0.25, 0.3) is 22.2 Å². The number of fused-ring (bicyclic) bond motifs is 1. The molecule has 7 heteroatoms. The third kappa shape index (κ3) is 2.86. The molecule has 0 bridgehead atoms. The first-order chi connectivity index (χ1) is 13.6. The highest BCUT2D eigenvalue weighted by Gasteiger charge is 2.25. The second-order valence-corrected chi connectivity index (χ2v) is 7.88. The average molecular weight is 392 g/mol. The van der Waals surface area contributed by atoms with Gasteiger partial charge in [0.2, 0.25) is 0 Å². The molecular formula is C21H16N2O4S. The molecule has 0 aliphatic rings. The molecule has 0 saturated heterocycles. The molecule has 0 atom stereocenters. The van der Waals surface area contributed by atoms with Crippen molar-refractivity contribution < 1.29 is 17.9 Å². The Morgan fingerprint density at radius 2 is 1.79 bits per heavy atom. The van der Waals surface area contributed by atoms with Crippen LogP contribution < -0.4 is 4.74 Å². The minimum atomic E-state index is -3.91. The lowest BCUT2D eigenvalue weighted by atomic mass is 10.1. The molecule has 28 heavy (non-hydrogen) atoms. The van der Waals surface area contributed by atoms with E-state index >= 15 is 0 Å². The standard InChI is InChI=1S/C21H16N2O4S/c1-27-16-9-10-20-15(12-16)13-21(18-8-5-11-22-19(18)14-24)23(20)28(25,26)17-6-3-2-4-7-17/h2-14H,1H3. The molecule has 0 N–H and O–H groups in total. The van der Waals surface area contributed by atoms with Crippen LogP contribution in [0.2, 0.25) is 0 Å². The number of carbonyl (C=O) groups is 1. The molecule has 2 aromatic heterocycles. The van der Waals surface area contributed by atoms with Crippen molar-refractivity contribution in [2.75, 3.05) is 7.11 Å². The molecule has 0 fully saturated rings. The summed E-state index contributed by atoms with van der Waals surface area (Å²) in [6.07, 6.45) is 2.11. The molecule has 0 radical (unpaired) electrons. The fourth-order valence-corrected chi connectivity index (χ4v) is 4.71. The topological polar surface area (TPSA) is 78.3 Å². The molecule has 0 amide bonds. The summed E-state index contributed by atoms with van der Waals surface area (Å²) in [4.78, 5) is 15.7. The molecule has 0 aliphatic heterocycles. The lowest BCUT2D eigenvalue weighted by molar-refractivity contribution is 0.111. The average Bonchev–Trinajstić information content (AvgIpc) is 3.13. The predicted octanol–water partition coefficient (Wildman–Crippen LogP) is 3.76. The Balaban J connectivity index is 2.10. The minimum Gasteiger partial charge on any atom is -0.497 e. The lowest BCUT2D eigenvalue weighted by Crippen LogP contribution is -2.14. The molecule has 2 heterocycles. The fourth-order valence-electron chi connectivity index (χ4n) is 3.17. The van der Waals surface area contributed by atoms with E-state index in [4.69, 9.17) is 4.74 Å².